The van der Waals surface area contributed by atoms with Crippen LogP contribution in [0.15, 0.2) is 12.7 Å². The van der Waals surface area contributed by atoms with Crippen molar-refractivity contribution in [1.29, 1.82) is 0 Å². The van der Waals surface area contributed by atoms with E-state index in [0.717, 1.165) is 25.3 Å². The molecular formula is C15H26F2O2. The van der Waals surface area contributed by atoms with Crippen LogP contribution in [-0.2, 0) is 9.53 Å². The Morgan fingerprint density at radius 1 is 1.21 bits per heavy atom. The molecule has 0 saturated carbocycles. The number of unbranched alkanes of at least 4 members (excludes halogenated alkanes) is 2. The molecule has 0 N–H and O–H groups in total. The van der Waals surface area contributed by atoms with E-state index in [1.807, 2.05) is 13.8 Å². The Labute approximate surface area is 115 Å². The molecule has 0 saturated heterocycles. The van der Waals surface area contributed by atoms with Gasteiger partial charge in [0.2, 0.25) is 0 Å². The summed E-state index contributed by atoms with van der Waals surface area (Å²) in [5.74, 6) is -0.688. The molecular weight excluding hydrogens is 250 g/mol. The number of carbonyl (C=O) groups is 1. The third kappa shape index (κ3) is 8.73. The monoisotopic (exact) mass is 276 g/mol. The maximum absolute atomic E-state index is 14.0. The summed E-state index contributed by atoms with van der Waals surface area (Å²) in [4.78, 5) is 11.2. The quantitative estimate of drug-likeness (QED) is 0.315. The third-order valence-electron chi connectivity index (χ3n) is 3.01. The number of alkyl halides is 2. The molecule has 0 heterocycles. The summed E-state index contributed by atoms with van der Waals surface area (Å²) in [6.07, 6.45) is 1.50. The average molecular weight is 276 g/mol. The number of ether oxygens (including phenoxy) is 1. The van der Waals surface area contributed by atoms with E-state index >= 15 is 0 Å². The van der Waals surface area contributed by atoms with Crippen molar-refractivity contribution in [2.45, 2.75) is 77.2 Å². The standard InChI is InChI=1S/C15H26F2O2/c1-4-7-8-10-13(17)14(19-15(18)6-3)11-12(16)9-5-2/h6,12-14H,3-5,7-11H2,1-2H3. The Morgan fingerprint density at radius 2 is 1.89 bits per heavy atom. The predicted molar refractivity (Wildman–Crippen MR) is 73.5 cm³/mol. The smallest absolute Gasteiger partial charge is 0.330 e. The van der Waals surface area contributed by atoms with Crippen LogP contribution in [0, 0.1) is 0 Å². The van der Waals surface area contributed by atoms with Crippen LogP contribution < -0.4 is 0 Å². The number of rotatable bonds is 11. The Balaban J connectivity index is 4.37. The van der Waals surface area contributed by atoms with Gasteiger partial charge >= 0.3 is 5.97 Å². The second kappa shape index (κ2) is 10.9. The maximum atomic E-state index is 14.0. The van der Waals surface area contributed by atoms with E-state index < -0.39 is 24.4 Å². The highest BCUT2D eigenvalue weighted by Crippen LogP contribution is 2.20. The van der Waals surface area contributed by atoms with Crippen molar-refractivity contribution >= 4 is 5.97 Å². The SMILES string of the molecule is C=CC(=O)OC(CC(F)CCC)C(F)CCCCC. The fourth-order valence-electron chi connectivity index (χ4n) is 1.93. The van der Waals surface area contributed by atoms with Gasteiger partial charge in [-0.25, -0.2) is 13.6 Å². The van der Waals surface area contributed by atoms with E-state index in [2.05, 4.69) is 6.58 Å². The van der Waals surface area contributed by atoms with Gasteiger partial charge < -0.3 is 4.74 Å². The summed E-state index contributed by atoms with van der Waals surface area (Å²) in [5.41, 5.74) is 0. The molecule has 0 radical (unpaired) electrons. The molecule has 0 aliphatic heterocycles. The molecule has 3 unspecified atom stereocenters. The van der Waals surface area contributed by atoms with Crippen molar-refractivity contribution in [1.82, 2.24) is 0 Å². The van der Waals surface area contributed by atoms with Gasteiger partial charge in [-0.05, 0) is 12.8 Å². The minimum atomic E-state index is -1.30. The molecule has 19 heavy (non-hydrogen) atoms. The van der Waals surface area contributed by atoms with Crippen molar-refractivity contribution < 1.29 is 18.3 Å². The van der Waals surface area contributed by atoms with Crippen molar-refractivity contribution in [2.75, 3.05) is 0 Å². The van der Waals surface area contributed by atoms with Gasteiger partial charge in [-0.15, -0.1) is 0 Å². The number of hydrogen-bond acceptors (Lipinski definition) is 2. The van der Waals surface area contributed by atoms with Crippen LogP contribution >= 0.6 is 0 Å². The van der Waals surface area contributed by atoms with E-state index in [4.69, 9.17) is 4.74 Å². The highest BCUT2D eigenvalue weighted by atomic mass is 19.1. The zero-order valence-electron chi connectivity index (χ0n) is 12.0. The van der Waals surface area contributed by atoms with Crippen LogP contribution in [0.1, 0.15) is 58.8 Å². The lowest BCUT2D eigenvalue weighted by Gasteiger charge is -2.22. The van der Waals surface area contributed by atoms with Gasteiger partial charge in [0, 0.05) is 12.5 Å². The van der Waals surface area contributed by atoms with E-state index in [9.17, 15) is 13.6 Å². The zero-order valence-corrected chi connectivity index (χ0v) is 12.0. The van der Waals surface area contributed by atoms with Crippen molar-refractivity contribution in [3.63, 3.8) is 0 Å². The first-order chi connectivity index (χ1) is 9.04. The number of esters is 1. The molecule has 2 nitrogen and oxygen atoms in total. The number of hydrogen-bond donors (Lipinski definition) is 0. The summed E-state index contributed by atoms with van der Waals surface area (Å²) < 4.78 is 32.5. The second-order valence-corrected chi connectivity index (χ2v) is 4.81. The van der Waals surface area contributed by atoms with Crippen molar-refractivity contribution in [2.24, 2.45) is 0 Å². The van der Waals surface area contributed by atoms with Crippen LogP contribution in [0.3, 0.4) is 0 Å². The van der Waals surface area contributed by atoms with Gasteiger partial charge in [-0.2, -0.15) is 0 Å². The summed E-state index contributed by atoms with van der Waals surface area (Å²) in [6, 6.07) is 0. The lowest BCUT2D eigenvalue weighted by molar-refractivity contribution is -0.147. The van der Waals surface area contributed by atoms with Gasteiger partial charge in [-0.3, -0.25) is 0 Å². The van der Waals surface area contributed by atoms with E-state index in [-0.39, 0.29) is 6.42 Å². The molecule has 4 heteroatoms. The van der Waals surface area contributed by atoms with Gasteiger partial charge in [0.1, 0.15) is 18.4 Å². The molecule has 0 fully saturated rings. The average Bonchev–Trinajstić information content (AvgIpc) is 2.38. The molecule has 0 spiro atoms. The molecule has 0 rings (SSSR count). The molecule has 0 aromatic rings. The van der Waals surface area contributed by atoms with Crippen LogP contribution in [0.2, 0.25) is 0 Å². The third-order valence-corrected chi connectivity index (χ3v) is 3.01. The molecule has 3 atom stereocenters. The van der Waals surface area contributed by atoms with Crippen molar-refractivity contribution in [3.05, 3.63) is 12.7 Å². The molecule has 0 aliphatic rings. The number of halogens is 2. The molecule has 0 amide bonds. The first kappa shape index (κ1) is 18.1. The molecule has 112 valence electrons. The van der Waals surface area contributed by atoms with Crippen LogP contribution in [0.5, 0.6) is 0 Å². The van der Waals surface area contributed by atoms with Crippen LogP contribution in [0.4, 0.5) is 8.78 Å². The summed E-state index contributed by atoms with van der Waals surface area (Å²) >= 11 is 0. The van der Waals surface area contributed by atoms with Gasteiger partial charge in [0.05, 0.1) is 0 Å². The first-order valence-corrected chi connectivity index (χ1v) is 7.16. The number of carbonyl (C=O) groups excluding carboxylic acids is 1. The van der Waals surface area contributed by atoms with E-state index in [1.165, 1.54) is 0 Å². The topological polar surface area (TPSA) is 26.3 Å². The van der Waals surface area contributed by atoms with Gasteiger partial charge in [0.25, 0.3) is 0 Å². The summed E-state index contributed by atoms with van der Waals surface area (Å²) in [5, 5.41) is 0. The maximum Gasteiger partial charge on any atom is 0.330 e. The Morgan fingerprint density at radius 3 is 2.42 bits per heavy atom. The zero-order chi connectivity index (χ0) is 14.7. The molecule has 0 aliphatic carbocycles. The van der Waals surface area contributed by atoms with Gasteiger partial charge in [0.15, 0.2) is 0 Å². The Hall–Kier alpha value is -0.930. The minimum Gasteiger partial charge on any atom is -0.456 e. The molecule has 0 bridgehead atoms. The first-order valence-electron chi connectivity index (χ1n) is 7.16. The molecule has 0 aromatic carbocycles. The van der Waals surface area contributed by atoms with E-state index in [1.54, 1.807) is 0 Å². The summed E-state index contributed by atoms with van der Waals surface area (Å²) in [7, 11) is 0. The fraction of sp³-hybridized carbons (Fsp3) is 0.800. The second-order valence-electron chi connectivity index (χ2n) is 4.81. The fourth-order valence-corrected chi connectivity index (χ4v) is 1.93. The van der Waals surface area contributed by atoms with Crippen LogP contribution in [-0.4, -0.2) is 24.4 Å². The predicted octanol–water partition coefficient (Wildman–Crippen LogP) is 4.53. The Bertz CT molecular complexity index is 257. The highest BCUT2D eigenvalue weighted by Gasteiger charge is 2.27. The minimum absolute atomic E-state index is 0.0687. The lowest BCUT2D eigenvalue weighted by atomic mass is 10.0. The lowest BCUT2D eigenvalue weighted by Crippen LogP contribution is -2.30. The van der Waals surface area contributed by atoms with Crippen molar-refractivity contribution in [3.8, 4) is 0 Å². The van der Waals surface area contributed by atoms with E-state index in [0.29, 0.717) is 19.3 Å². The van der Waals surface area contributed by atoms with Crippen LogP contribution in [0.25, 0.3) is 0 Å². The van der Waals surface area contributed by atoms with Gasteiger partial charge in [-0.1, -0.05) is 46.1 Å². The highest BCUT2D eigenvalue weighted by molar-refractivity contribution is 5.81. The normalized spacial score (nSPS) is 15.6. The molecule has 0 aromatic heterocycles. The summed E-state index contributed by atoms with van der Waals surface area (Å²) in [6.45, 7) is 7.17. The largest absolute Gasteiger partial charge is 0.456 e. The Kier molecular flexibility index (Phi) is 10.4.